The Kier molecular flexibility index (Phi) is 9.06. The van der Waals surface area contributed by atoms with Crippen LogP contribution in [0.25, 0.3) is 0 Å². The highest BCUT2D eigenvalue weighted by molar-refractivity contribution is 14.0. The molecular formula is C21H29ClIN5OS. The molecule has 0 bridgehead atoms. The van der Waals surface area contributed by atoms with E-state index in [0.717, 1.165) is 57.5 Å². The van der Waals surface area contributed by atoms with Crippen molar-refractivity contribution < 1.29 is 4.74 Å². The van der Waals surface area contributed by atoms with Crippen LogP contribution < -0.4 is 10.6 Å². The Morgan fingerprint density at radius 1 is 1.07 bits per heavy atom. The van der Waals surface area contributed by atoms with Crippen molar-refractivity contribution in [2.24, 2.45) is 10.7 Å². The lowest BCUT2D eigenvalue weighted by Crippen LogP contribution is -2.51. The number of benzene rings is 1. The Morgan fingerprint density at radius 3 is 2.40 bits per heavy atom. The normalized spacial score (nSPS) is 19.4. The number of piperazine rings is 1. The van der Waals surface area contributed by atoms with E-state index in [1.54, 1.807) is 11.3 Å². The second kappa shape index (κ2) is 11.5. The van der Waals surface area contributed by atoms with Gasteiger partial charge in [0.25, 0.3) is 0 Å². The van der Waals surface area contributed by atoms with Crippen LogP contribution in [0.1, 0.15) is 10.9 Å². The molecule has 1 atom stereocenters. The van der Waals surface area contributed by atoms with Crippen molar-refractivity contribution in [3.05, 3.63) is 51.7 Å². The molecule has 3 heterocycles. The zero-order valence-electron chi connectivity index (χ0n) is 17.0. The van der Waals surface area contributed by atoms with Gasteiger partial charge in [0.05, 0.1) is 25.8 Å². The number of anilines is 1. The fourth-order valence-corrected chi connectivity index (χ4v) is 4.86. The molecule has 6 nitrogen and oxygen atoms in total. The number of aliphatic imine (C=N–C) groups is 1. The van der Waals surface area contributed by atoms with Gasteiger partial charge in [-0.1, -0.05) is 17.7 Å². The Morgan fingerprint density at radius 2 is 1.77 bits per heavy atom. The molecule has 0 saturated carbocycles. The first kappa shape index (κ1) is 23.6. The molecule has 0 radical (unpaired) electrons. The average Bonchev–Trinajstić information content (AvgIpc) is 3.30. The topological polar surface area (TPSA) is 57.3 Å². The van der Waals surface area contributed by atoms with E-state index >= 15 is 0 Å². The third-order valence-electron chi connectivity index (χ3n) is 5.58. The highest BCUT2D eigenvalue weighted by atomic mass is 127. The quantitative estimate of drug-likeness (QED) is 0.344. The molecule has 1 aromatic carbocycles. The van der Waals surface area contributed by atoms with E-state index < -0.39 is 0 Å². The fourth-order valence-electron chi connectivity index (χ4n) is 3.88. The predicted octanol–water partition coefficient (Wildman–Crippen LogP) is 3.53. The van der Waals surface area contributed by atoms with Crippen molar-refractivity contribution >= 4 is 58.6 Å². The maximum atomic E-state index is 6.38. The summed E-state index contributed by atoms with van der Waals surface area (Å²) in [6, 6.07) is 12.6. The summed E-state index contributed by atoms with van der Waals surface area (Å²) < 4.78 is 5.52. The Bertz CT molecular complexity index is 790. The summed E-state index contributed by atoms with van der Waals surface area (Å²) in [4.78, 5) is 13.2. The number of thiophene rings is 1. The molecule has 2 fully saturated rings. The van der Waals surface area contributed by atoms with E-state index in [-0.39, 0.29) is 30.0 Å². The number of rotatable bonds is 5. The lowest BCUT2D eigenvalue weighted by molar-refractivity contribution is 0.0186. The number of hydrogen-bond donors (Lipinski definition) is 1. The van der Waals surface area contributed by atoms with Crippen LogP contribution in [0.15, 0.2) is 46.8 Å². The summed E-state index contributed by atoms with van der Waals surface area (Å²) >= 11 is 7.79. The summed E-state index contributed by atoms with van der Waals surface area (Å²) in [6.07, 6.45) is 0. The predicted molar refractivity (Wildman–Crippen MR) is 137 cm³/mol. The number of hydrogen-bond acceptors (Lipinski definition) is 5. The van der Waals surface area contributed by atoms with E-state index in [0.29, 0.717) is 12.5 Å². The van der Waals surface area contributed by atoms with Gasteiger partial charge in [0.1, 0.15) is 0 Å². The minimum absolute atomic E-state index is 0. The first-order valence-electron chi connectivity index (χ1n) is 10.1. The summed E-state index contributed by atoms with van der Waals surface area (Å²) in [5.41, 5.74) is 7.59. The van der Waals surface area contributed by atoms with Crippen LogP contribution in [0.3, 0.4) is 0 Å². The molecular weight excluding hydrogens is 533 g/mol. The first-order chi connectivity index (χ1) is 14.2. The maximum absolute atomic E-state index is 6.38. The Hall–Kier alpha value is -1.07. The SMILES string of the molecule is I.NC(=NCC(c1cccs1)N1CCOCC1)N1CCN(c2ccc(Cl)cc2)CC1. The number of ether oxygens (including phenoxy) is 1. The minimum Gasteiger partial charge on any atom is -0.379 e. The molecule has 9 heteroatoms. The van der Waals surface area contributed by atoms with Gasteiger partial charge in [-0.15, -0.1) is 35.3 Å². The largest absolute Gasteiger partial charge is 0.379 e. The van der Waals surface area contributed by atoms with Crippen LogP contribution in [0.2, 0.25) is 5.02 Å². The molecule has 2 saturated heterocycles. The molecule has 164 valence electrons. The molecule has 2 aliphatic rings. The van der Waals surface area contributed by atoms with Crippen LogP contribution in [0.5, 0.6) is 0 Å². The van der Waals surface area contributed by atoms with Crippen molar-refractivity contribution in [3.8, 4) is 0 Å². The van der Waals surface area contributed by atoms with Crippen molar-refractivity contribution in [2.75, 3.05) is 63.9 Å². The third kappa shape index (κ3) is 6.00. The van der Waals surface area contributed by atoms with E-state index in [1.807, 2.05) is 12.1 Å². The van der Waals surface area contributed by atoms with Gasteiger partial charge in [-0.3, -0.25) is 9.89 Å². The number of guanidine groups is 1. The van der Waals surface area contributed by atoms with Gasteiger partial charge in [-0.2, -0.15) is 0 Å². The number of nitrogens with two attached hydrogens (primary N) is 1. The molecule has 1 unspecified atom stereocenters. The molecule has 2 N–H and O–H groups in total. The molecule has 1 aromatic heterocycles. The number of halogens is 2. The summed E-state index contributed by atoms with van der Waals surface area (Å²) in [5, 5.41) is 2.90. The van der Waals surface area contributed by atoms with Gasteiger partial charge in [-0.25, -0.2) is 0 Å². The lowest BCUT2D eigenvalue weighted by Gasteiger charge is -2.37. The Balaban J connectivity index is 0.00000256. The molecule has 0 spiro atoms. The second-order valence-electron chi connectivity index (χ2n) is 7.33. The van der Waals surface area contributed by atoms with Gasteiger partial charge < -0.3 is 20.3 Å². The van der Waals surface area contributed by atoms with Crippen LogP contribution in [0.4, 0.5) is 5.69 Å². The lowest BCUT2D eigenvalue weighted by atomic mass is 10.2. The van der Waals surface area contributed by atoms with Gasteiger partial charge >= 0.3 is 0 Å². The highest BCUT2D eigenvalue weighted by Gasteiger charge is 2.24. The minimum atomic E-state index is 0. The van der Waals surface area contributed by atoms with E-state index in [1.165, 1.54) is 10.6 Å². The maximum Gasteiger partial charge on any atom is 0.191 e. The molecule has 4 rings (SSSR count). The zero-order chi connectivity index (χ0) is 20.1. The van der Waals surface area contributed by atoms with Crippen molar-refractivity contribution in [3.63, 3.8) is 0 Å². The molecule has 0 aliphatic carbocycles. The third-order valence-corrected chi connectivity index (χ3v) is 6.81. The van der Waals surface area contributed by atoms with Gasteiger partial charge in [0, 0.05) is 54.9 Å². The van der Waals surface area contributed by atoms with Crippen LogP contribution in [-0.2, 0) is 4.74 Å². The number of nitrogens with zero attached hydrogens (tertiary/aromatic N) is 4. The van der Waals surface area contributed by atoms with E-state index in [4.69, 9.17) is 27.1 Å². The smallest absolute Gasteiger partial charge is 0.191 e. The summed E-state index contributed by atoms with van der Waals surface area (Å²) in [5.74, 6) is 0.649. The fraction of sp³-hybridized carbons (Fsp3) is 0.476. The van der Waals surface area contributed by atoms with Crippen molar-refractivity contribution in [1.29, 1.82) is 0 Å². The number of morpholine rings is 1. The van der Waals surface area contributed by atoms with Crippen molar-refractivity contribution in [2.45, 2.75) is 6.04 Å². The molecule has 2 aromatic rings. The molecule has 2 aliphatic heterocycles. The summed E-state index contributed by atoms with van der Waals surface area (Å²) in [7, 11) is 0. The van der Waals surface area contributed by atoms with Crippen LogP contribution in [0, 0.1) is 0 Å². The van der Waals surface area contributed by atoms with Gasteiger partial charge in [0.2, 0.25) is 0 Å². The zero-order valence-corrected chi connectivity index (χ0v) is 20.9. The highest BCUT2D eigenvalue weighted by Crippen LogP contribution is 2.26. The average molecular weight is 562 g/mol. The van der Waals surface area contributed by atoms with E-state index in [2.05, 4.69) is 44.3 Å². The van der Waals surface area contributed by atoms with Gasteiger partial charge in [-0.05, 0) is 35.7 Å². The monoisotopic (exact) mass is 561 g/mol. The standard InChI is InChI=1S/C21H28ClN5OS.HI/c22-17-3-5-18(6-4-17)25-7-9-27(10-8-25)21(23)24-16-19(20-2-1-15-29-20)26-11-13-28-14-12-26;/h1-6,15,19H,7-14,16H2,(H2,23,24);1H. The first-order valence-corrected chi connectivity index (χ1v) is 11.4. The van der Waals surface area contributed by atoms with Crippen LogP contribution in [-0.4, -0.2) is 74.8 Å². The molecule has 0 amide bonds. The van der Waals surface area contributed by atoms with Gasteiger partial charge in [0.15, 0.2) is 5.96 Å². The van der Waals surface area contributed by atoms with Crippen LogP contribution >= 0.6 is 46.9 Å². The van der Waals surface area contributed by atoms with Crippen molar-refractivity contribution in [1.82, 2.24) is 9.80 Å². The second-order valence-corrected chi connectivity index (χ2v) is 8.74. The summed E-state index contributed by atoms with van der Waals surface area (Å²) in [6.45, 7) is 7.74. The Labute approximate surface area is 204 Å². The molecule has 30 heavy (non-hydrogen) atoms. The van der Waals surface area contributed by atoms with E-state index in [9.17, 15) is 0 Å².